The van der Waals surface area contributed by atoms with Crippen LogP contribution in [0.1, 0.15) is 18.9 Å². The van der Waals surface area contributed by atoms with Gasteiger partial charge in [-0.1, -0.05) is 28.9 Å². The van der Waals surface area contributed by atoms with Gasteiger partial charge in [0.05, 0.1) is 12.8 Å². The number of hydrogen-bond acceptors (Lipinski definition) is 6. The van der Waals surface area contributed by atoms with Gasteiger partial charge in [0.25, 0.3) is 11.8 Å². The van der Waals surface area contributed by atoms with Crippen LogP contribution in [0.4, 0.5) is 10.5 Å². The molecule has 0 aliphatic carbocycles. The number of rotatable bonds is 5. The molecule has 1 aliphatic rings. The largest absolute Gasteiger partial charge is 0.497 e. The Kier molecular flexibility index (Phi) is 6.31. The number of carbonyl (C=O) groups is 4. The fourth-order valence-electron chi connectivity index (χ4n) is 2.72. The molecule has 0 atom stereocenters. The Labute approximate surface area is 180 Å². The first-order valence-electron chi connectivity index (χ1n) is 8.89. The van der Waals surface area contributed by atoms with Crippen molar-refractivity contribution < 1.29 is 28.7 Å². The molecule has 0 unspecified atom stereocenters. The van der Waals surface area contributed by atoms with Gasteiger partial charge >= 0.3 is 12.0 Å². The number of imide groups is 2. The summed E-state index contributed by atoms with van der Waals surface area (Å²) in [5, 5.41) is 2.15. The molecule has 1 N–H and O–H groups in total. The predicted octanol–water partition coefficient (Wildman–Crippen LogP) is 3.44. The second-order valence-electron chi connectivity index (χ2n) is 6.17. The number of nitrogens with one attached hydrogen (secondary N) is 1. The Morgan fingerprint density at radius 1 is 1.17 bits per heavy atom. The van der Waals surface area contributed by atoms with Crippen LogP contribution in [0, 0.1) is 0 Å². The van der Waals surface area contributed by atoms with E-state index in [0.717, 1.165) is 4.90 Å². The van der Waals surface area contributed by atoms with E-state index in [9.17, 15) is 19.2 Å². The SMILES string of the molecule is CCC(=O)Oc1ccc(Br)cc1/C=C1/C(=O)NC(=O)N(c2cccc(OC)c2)C1=O. The number of hydrogen-bond donors (Lipinski definition) is 1. The lowest BCUT2D eigenvalue weighted by atomic mass is 10.1. The number of ether oxygens (including phenoxy) is 2. The molecule has 154 valence electrons. The quantitative estimate of drug-likeness (QED) is 0.309. The highest BCUT2D eigenvalue weighted by Gasteiger charge is 2.37. The zero-order valence-corrected chi connectivity index (χ0v) is 17.7. The molecule has 0 spiro atoms. The lowest BCUT2D eigenvalue weighted by molar-refractivity contribution is -0.134. The number of urea groups is 1. The van der Waals surface area contributed by atoms with E-state index < -0.39 is 23.8 Å². The molecular weight excluding hydrogens is 456 g/mol. The van der Waals surface area contributed by atoms with E-state index in [1.807, 2.05) is 0 Å². The smallest absolute Gasteiger partial charge is 0.335 e. The highest BCUT2D eigenvalue weighted by atomic mass is 79.9. The van der Waals surface area contributed by atoms with Crippen molar-refractivity contribution in [2.24, 2.45) is 0 Å². The molecule has 2 aromatic carbocycles. The first-order valence-corrected chi connectivity index (χ1v) is 9.69. The van der Waals surface area contributed by atoms with E-state index in [-0.39, 0.29) is 23.4 Å². The summed E-state index contributed by atoms with van der Waals surface area (Å²) in [7, 11) is 1.46. The molecule has 9 heteroatoms. The maximum Gasteiger partial charge on any atom is 0.335 e. The van der Waals surface area contributed by atoms with E-state index in [1.54, 1.807) is 43.3 Å². The van der Waals surface area contributed by atoms with Crippen molar-refractivity contribution in [2.75, 3.05) is 12.0 Å². The molecule has 1 heterocycles. The average molecular weight is 473 g/mol. The lowest BCUT2D eigenvalue weighted by Gasteiger charge is -2.26. The van der Waals surface area contributed by atoms with Crippen LogP contribution in [0.15, 0.2) is 52.5 Å². The van der Waals surface area contributed by atoms with Gasteiger partial charge in [-0.25, -0.2) is 9.69 Å². The third-order valence-electron chi connectivity index (χ3n) is 4.20. The molecule has 30 heavy (non-hydrogen) atoms. The molecule has 0 saturated carbocycles. The number of benzene rings is 2. The van der Waals surface area contributed by atoms with Crippen LogP contribution in [0.5, 0.6) is 11.5 Å². The number of esters is 1. The molecule has 0 aromatic heterocycles. The minimum atomic E-state index is -0.873. The normalized spacial score (nSPS) is 15.2. The number of halogens is 1. The summed E-state index contributed by atoms with van der Waals surface area (Å²) in [6, 6.07) is 10.2. The Morgan fingerprint density at radius 3 is 2.63 bits per heavy atom. The molecule has 4 amide bonds. The molecule has 1 fully saturated rings. The van der Waals surface area contributed by atoms with Gasteiger partial charge in [0, 0.05) is 22.5 Å². The number of carbonyl (C=O) groups excluding carboxylic acids is 4. The topological polar surface area (TPSA) is 102 Å². The van der Waals surface area contributed by atoms with E-state index in [4.69, 9.17) is 9.47 Å². The predicted molar refractivity (Wildman–Crippen MR) is 112 cm³/mol. The van der Waals surface area contributed by atoms with Crippen LogP contribution >= 0.6 is 15.9 Å². The van der Waals surface area contributed by atoms with E-state index >= 15 is 0 Å². The summed E-state index contributed by atoms with van der Waals surface area (Å²) in [4.78, 5) is 50.3. The van der Waals surface area contributed by atoms with Crippen molar-refractivity contribution in [2.45, 2.75) is 13.3 Å². The zero-order valence-electron chi connectivity index (χ0n) is 16.1. The average Bonchev–Trinajstić information content (AvgIpc) is 2.72. The summed E-state index contributed by atoms with van der Waals surface area (Å²) in [6.07, 6.45) is 1.43. The van der Waals surface area contributed by atoms with Crippen molar-refractivity contribution in [1.82, 2.24) is 5.32 Å². The third-order valence-corrected chi connectivity index (χ3v) is 4.69. The number of amides is 4. The molecular formula is C21H17BrN2O6. The van der Waals surface area contributed by atoms with Crippen molar-refractivity contribution in [3.8, 4) is 11.5 Å². The van der Waals surface area contributed by atoms with Crippen LogP contribution in [-0.2, 0) is 14.4 Å². The molecule has 1 aliphatic heterocycles. The van der Waals surface area contributed by atoms with Crippen LogP contribution in [0.2, 0.25) is 0 Å². The molecule has 0 radical (unpaired) electrons. The first-order chi connectivity index (χ1) is 14.3. The zero-order chi connectivity index (χ0) is 21.8. The number of barbiturate groups is 1. The second-order valence-corrected chi connectivity index (χ2v) is 7.08. The van der Waals surface area contributed by atoms with Gasteiger partial charge in [-0.2, -0.15) is 0 Å². The Bertz CT molecular complexity index is 1080. The Balaban J connectivity index is 2.05. The van der Waals surface area contributed by atoms with Crippen LogP contribution in [-0.4, -0.2) is 30.9 Å². The van der Waals surface area contributed by atoms with Crippen molar-refractivity contribution in [3.05, 3.63) is 58.1 Å². The van der Waals surface area contributed by atoms with E-state index in [1.165, 1.54) is 19.3 Å². The van der Waals surface area contributed by atoms with Crippen molar-refractivity contribution >= 4 is 51.5 Å². The van der Waals surface area contributed by atoms with Crippen molar-refractivity contribution in [1.29, 1.82) is 0 Å². The minimum absolute atomic E-state index is 0.156. The van der Waals surface area contributed by atoms with Crippen LogP contribution in [0.3, 0.4) is 0 Å². The highest BCUT2D eigenvalue weighted by molar-refractivity contribution is 9.10. The number of nitrogens with zero attached hydrogens (tertiary/aromatic N) is 1. The van der Waals surface area contributed by atoms with Gasteiger partial charge in [0.15, 0.2) is 0 Å². The lowest BCUT2D eigenvalue weighted by Crippen LogP contribution is -2.54. The first kappa shape index (κ1) is 21.3. The van der Waals surface area contributed by atoms with Gasteiger partial charge in [-0.15, -0.1) is 0 Å². The molecule has 2 aromatic rings. The number of anilines is 1. The minimum Gasteiger partial charge on any atom is -0.497 e. The Hall–Kier alpha value is -3.46. The van der Waals surface area contributed by atoms with E-state index in [0.29, 0.717) is 15.8 Å². The molecule has 3 rings (SSSR count). The van der Waals surface area contributed by atoms with Gasteiger partial charge in [-0.3, -0.25) is 19.7 Å². The number of methoxy groups -OCH3 is 1. The summed E-state index contributed by atoms with van der Waals surface area (Å²) in [5.41, 5.74) is 0.274. The highest BCUT2D eigenvalue weighted by Crippen LogP contribution is 2.29. The van der Waals surface area contributed by atoms with Gasteiger partial charge in [-0.05, 0) is 36.4 Å². The van der Waals surface area contributed by atoms with Gasteiger partial charge < -0.3 is 9.47 Å². The fraction of sp³-hybridized carbons (Fsp3) is 0.143. The van der Waals surface area contributed by atoms with Crippen LogP contribution in [0.25, 0.3) is 6.08 Å². The van der Waals surface area contributed by atoms with Crippen LogP contribution < -0.4 is 19.7 Å². The maximum atomic E-state index is 13.0. The van der Waals surface area contributed by atoms with Gasteiger partial charge in [0.1, 0.15) is 17.1 Å². The second kappa shape index (κ2) is 8.91. The third kappa shape index (κ3) is 4.41. The molecule has 8 nitrogen and oxygen atoms in total. The van der Waals surface area contributed by atoms with E-state index in [2.05, 4.69) is 21.2 Å². The standard InChI is InChI=1S/C21H17BrN2O6/c1-3-18(25)30-17-8-7-13(22)9-12(17)10-16-19(26)23-21(28)24(20(16)27)14-5-4-6-15(11-14)29-2/h4-11H,3H2,1-2H3,(H,23,26,28)/b16-10-. The molecule has 1 saturated heterocycles. The summed E-state index contributed by atoms with van der Waals surface area (Å²) in [6.45, 7) is 1.65. The monoisotopic (exact) mass is 472 g/mol. The summed E-state index contributed by atoms with van der Waals surface area (Å²) in [5.74, 6) is -1.51. The van der Waals surface area contributed by atoms with Crippen molar-refractivity contribution in [3.63, 3.8) is 0 Å². The maximum absolute atomic E-state index is 13.0. The van der Waals surface area contributed by atoms with Gasteiger partial charge in [0.2, 0.25) is 0 Å². The fourth-order valence-corrected chi connectivity index (χ4v) is 3.10. The summed E-state index contributed by atoms with van der Waals surface area (Å²) >= 11 is 3.32. The Morgan fingerprint density at radius 2 is 1.93 bits per heavy atom. The molecule has 0 bridgehead atoms. The summed E-state index contributed by atoms with van der Waals surface area (Å²) < 4.78 is 11.1.